The van der Waals surface area contributed by atoms with Crippen molar-refractivity contribution in [1.29, 1.82) is 0 Å². The molecule has 1 aliphatic rings. The van der Waals surface area contributed by atoms with Gasteiger partial charge >= 0.3 is 0 Å². The molecule has 1 heterocycles. The van der Waals surface area contributed by atoms with Crippen molar-refractivity contribution in [1.82, 2.24) is 4.90 Å². The maximum absolute atomic E-state index is 12.8. The Balaban J connectivity index is 1.60. The van der Waals surface area contributed by atoms with E-state index in [0.29, 0.717) is 33.0 Å². The summed E-state index contributed by atoms with van der Waals surface area (Å²) in [7, 11) is 3.12. The standard InChI is InChI=1S/C23H24N2O5S2/c1-4-30-17-8-6-16(7-9-17)24-21(26)11-12-25-22(27)20(32-23(25)31)14-15-5-10-18(28-2)19(13-15)29-3/h5-10,13-14H,4,11-12H2,1-3H3,(H,24,26)/b20-14-. The molecule has 0 aliphatic carbocycles. The first-order valence-corrected chi connectivity index (χ1v) is 11.2. The van der Waals surface area contributed by atoms with Crippen molar-refractivity contribution in [3.63, 3.8) is 0 Å². The zero-order valence-corrected chi connectivity index (χ0v) is 19.7. The number of hydrogen-bond donors (Lipinski definition) is 1. The summed E-state index contributed by atoms with van der Waals surface area (Å²) >= 11 is 6.57. The van der Waals surface area contributed by atoms with Crippen molar-refractivity contribution in [2.45, 2.75) is 13.3 Å². The van der Waals surface area contributed by atoms with Crippen LogP contribution in [0.4, 0.5) is 5.69 Å². The van der Waals surface area contributed by atoms with Gasteiger partial charge in [-0.05, 0) is 55.0 Å². The molecule has 1 N–H and O–H groups in total. The Bertz CT molecular complexity index is 1040. The summed E-state index contributed by atoms with van der Waals surface area (Å²) in [5.41, 5.74) is 1.45. The van der Waals surface area contributed by atoms with Crippen molar-refractivity contribution >= 4 is 51.9 Å². The van der Waals surface area contributed by atoms with Crippen molar-refractivity contribution in [3.8, 4) is 17.2 Å². The second-order valence-electron chi connectivity index (χ2n) is 6.70. The van der Waals surface area contributed by atoms with Crippen molar-refractivity contribution in [3.05, 3.63) is 52.9 Å². The molecule has 32 heavy (non-hydrogen) atoms. The molecular formula is C23H24N2O5S2. The number of carbonyl (C=O) groups excluding carboxylic acids is 2. The van der Waals surface area contributed by atoms with E-state index in [4.69, 9.17) is 26.4 Å². The highest BCUT2D eigenvalue weighted by molar-refractivity contribution is 8.26. The van der Waals surface area contributed by atoms with Crippen LogP contribution in [0, 0.1) is 0 Å². The lowest BCUT2D eigenvalue weighted by Gasteiger charge is -2.14. The first-order chi connectivity index (χ1) is 15.4. The predicted octanol–water partition coefficient (Wildman–Crippen LogP) is 4.33. The summed E-state index contributed by atoms with van der Waals surface area (Å²) in [6.07, 6.45) is 1.88. The van der Waals surface area contributed by atoms with Crippen molar-refractivity contribution in [2.75, 3.05) is 32.7 Å². The van der Waals surface area contributed by atoms with Gasteiger partial charge in [0.05, 0.1) is 25.7 Å². The van der Waals surface area contributed by atoms with Crippen LogP contribution in [0.3, 0.4) is 0 Å². The van der Waals surface area contributed by atoms with Crippen molar-refractivity contribution in [2.24, 2.45) is 0 Å². The third-order valence-electron chi connectivity index (χ3n) is 4.59. The Kier molecular flexibility index (Phi) is 8.13. The van der Waals surface area contributed by atoms with Gasteiger partial charge in [0.25, 0.3) is 5.91 Å². The van der Waals surface area contributed by atoms with Crippen LogP contribution in [0.15, 0.2) is 47.4 Å². The maximum Gasteiger partial charge on any atom is 0.266 e. The van der Waals surface area contributed by atoms with Gasteiger partial charge in [0.15, 0.2) is 11.5 Å². The van der Waals surface area contributed by atoms with E-state index in [0.717, 1.165) is 11.3 Å². The highest BCUT2D eigenvalue weighted by atomic mass is 32.2. The fraction of sp³-hybridized carbons (Fsp3) is 0.261. The molecule has 0 atom stereocenters. The summed E-state index contributed by atoms with van der Waals surface area (Å²) in [5.74, 6) is 1.50. The molecule has 0 bridgehead atoms. The highest BCUT2D eigenvalue weighted by Gasteiger charge is 2.32. The summed E-state index contributed by atoms with van der Waals surface area (Å²) < 4.78 is 16.4. The topological polar surface area (TPSA) is 77.1 Å². The van der Waals surface area contributed by atoms with Crippen LogP contribution < -0.4 is 19.5 Å². The monoisotopic (exact) mass is 472 g/mol. The largest absolute Gasteiger partial charge is 0.494 e. The molecule has 0 aromatic heterocycles. The molecule has 3 rings (SSSR count). The molecule has 1 fully saturated rings. The van der Waals surface area contributed by atoms with E-state index >= 15 is 0 Å². The third kappa shape index (κ3) is 5.80. The summed E-state index contributed by atoms with van der Waals surface area (Å²) in [6.45, 7) is 2.69. The first-order valence-electron chi connectivity index (χ1n) is 9.95. The van der Waals surface area contributed by atoms with Gasteiger partial charge < -0.3 is 19.5 Å². The summed E-state index contributed by atoms with van der Waals surface area (Å²) in [6, 6.07) is 12.5. The van der Waals surface area contributed by atoms with Gasteiger partial charge in [0.2, 0.25) is 5.91 Å². The van der Waals surface area contributed by atoms with Gasteiger partial charge in [0.1, 0.15) is 10.1 Å². The lowest BCUT2D eigenvalue weighted by atomic mass is 10.2. The van der Waals surface area contributed by atoms with Gasteiger partial charge in [-0.25, -0.2) is 0 Å². The molecule has 2 aromatic rings. The predicted molar refractivity (Wildman–Crippen MR) is 130 cm³/mol. The Hall–Kier alpha value is -3.04. The zero-order chi connectivity index (χ0) is 23.1. The molecule has 2 amide bonds. The minimum absolute atomic E-state index is 0.128. The Morgan fingerprint density at radius 3 is 2.50 bits per heavy atom. The van der Waals surface area contributed by atoms with E-state index in [9.17, 15) is 9.59 Å². The van der Waals surface area contributed by atoms with E-state index in [1.807, 2.05) is 13.0 Å². The molecule has 168 valence electrons. The van der Waals surface area contributed by atoms with Crippen molar-refractivity contribution < 1.29 is 23.8 Å². The number of anilines is 1. The Labute approximate surface area is 196 Å². The number of hydrogen-bond acceptors (Lipinski definition) is 7. The number of benzene rings is 2. The number of rotatable bonds is 9. The summed E-state index contributed by atoms with van der Waals surface area (Å²) in [5, 5.41) is 2.82. The number of nitrogens with one attached hydrogen (secondary N) is 1. The van der Waals surface area contributed by atoms with Crippen LogP contribution in [-0.4, -0.2) is 48.4 Å². The number of methoxy groups -OCH3 is 2. The van der Waals surface area contributed by atoms with Crippen LogP contribution >= 0.6 is 24.0 Å². The summed E-state index contributed by atoms with van der Waals surface area (Å²) in [4.78, 5) is 27.1. The smallest absolute Gasteiger partial charge is 0.266 e. The zero-order valence-electron chi connectivity index (χ0n) is 18.0. The molecule has 9 heteroatoms. The molecule has 1 saturated heterocycles. The normalized spacial score (nSPS) is 14.6. The van der Waals surface area contributed by atoms with Gasteiger partial charge in [-0.15, -0.1) is 0 Å². The van der Waals surface area contributed by atoms with Gasteiger partial charge in [-0.2, -0.15) is 0 Å². The third-order valence-corrected chi connectivity index (χ3v) is 5.97. The average molecular weight is 473 g/mol. The molecule has 0 saturated carbocycles. The maximum atomic E-state index is 12.8. The minimum atomic E-state index is -0.219. The van der Waals surface area contributed by atoms with Crippen LogP contribution in [0.1, 0.15) is 18.9 Å². The molecule has 0 spiro atoms. The van der Waals surface area contributed by atoms with E-state index in [1.54, 1.807) is 56.7 Å². The average Bonchev–Trinajstić information content (AvgIpc) is 3.06. The molecular weight excluding hydrogens is 448 g/mol. The van der Waals surface area contributed by atoms with Crippen LogP contribution in [0.5, 0.6) is 17.2 Å². The van der Waals surface area contributed by atoms with Gasteiger partial charge in [-0.3, -0.25) is 14.5 Å². The number of amides is 2. The first kappa shape index (κ1) is 23.6. The number of ether oxygens (including phenoxy) is 3. The number of nitrogens with zero attached hydrogens (tertiary/aromatic N) is 1. The fourth-order valence-electron chi connectivity index (χ4n) is 3.02. The van der Waals surface area contributed by atoms with Crippen LogP contribution in [0.25, 0.3) is 6.08 Å². The van der Waals surface area contributed by atoms with E-state index in [-0.39, 0.29) is 24.8 Å². The van der Waals surface area contributed by atoms with Crippen LogP contribution in [0.2, 0.25) is 0 Å². The molecule has 1 aliphatic heterocycles. The minimum Gasteiger partial charge on any atom is -0.494 e. The van der Waals surface area contributed by atoms with Gasteiger partial charge in [-0.1, -0.05) is 30.0 Å². The number of thiocarbonyl (C=S) groups is 1. The Morgan fingerprint density at radius 1 is 1.12 bits per heavy atom. The second kappa shape index (κ2) is 11.0. The lowest BCUT2D eigenvalue weighted by Crippen LogP contribution is -2.31. The number of thioether (sulfide) groups is 1. The molecule has 0 unspecified atom stereocenters. The lowest BCUT2D eigenvalue weighted by molar-refractivity contribution is -0.122. The SMILES string of the molecule is CCOc1ccc(NC(=O)CCN2C(=O)/C(=C/c3ccc(OC)c(OC)c3)SC2=S)cc1. The quantitative estimate of drug-likeness (QED) is 0.430. The second-order valence-corrected chi connectivity index (χ2v) is 8.38. The molecule has 7 nitrogen and oxygen atoms in total. The fourth-order valence-corrected chi connectivity index (χ4v) is 4.33. The van der Waals surface area contributed by atoms with E-state index in [2.05, 4.69) is 5.32 Å². The van der Waals surface area contributed by atoms with Crippen LogP contribution in [-0.2, 0) is 9.59 Å². The Morgan fingerprint density at radius 2 is 1.84 bits per heavy atom. The highest BCUT2D eigenvalue weighted by Crippen LogP contribution is 2.34. The molecule has 0 radical (unpaired) electrons. The van der Waals surface area contributed by atoms with E-state index in [1.165, 1.54) is 16.7 Å². The number of carbonyl (C=O) groups is 2. The van der Waals surface area contributed by atoms with E-state index < -0.39 is 0 Å². The van der Waals surface area contributed by atoms with Gasteiger partial charge in [0, 0.05) is 18.7 Å². The molecule has 2 aromatic carbocycles.